The Hall–Kier alpha value is -2.11. The van der Waals surface area contributed by atoms with Crippen molar-refractivity contribution in [2.75, 3.05) is 0 Å². The van der Waals surface area contributed by atoms with Gasteiger partial charge in [0.25, 0.3) is 0 Å². The zero-order chi connectivity index (χ0) is 14.7. The number of phenolic OH excluding ortho intramolecular Hbond substituents is 1. The lowest BCUT2D eigenvalue weighted by Gasteiger charge is -2.20. The SMILES string of the molecule is Cc1ccc(O)c(P(c2ccccc2)c2ccccc2)c1. The van der Waals surface area contributed by atoms with Crippen LogP contribution in [0.4, 0.5) is 0 Å². The zero-order valence-electron chi connectivity index (χ0n) is 11.9. The normalized spacial score (nSPS) is 10.8. The molecule has 3 aromatic rings. The van der Waals surface area contributed by atoms with E-state index in [0.29, 0.717) is 5.75 Å². The molecule has 1 nitrogen and oxygen atoms in total. The van der Waals surface area contributed by atoms with Gasteiger partial charge >= 0.3 is 0 Å². The molecule has 0 aromatic heterocycles. The van der Waals surface area contributed by atoms with E-state index in [-0.39, 0.29) is 0 Å². The standard InChI is InChI=1S/C19H17OP/c1-15-12-13-18(20)19(14-15)21(16-8-4-2-5-9-16)17-10-6-3-7-11-17/h2-14,20H,1H3. The lowest BCUT2D eigenvalue weighted by molar-refractivity contribution is 0.479. The maximum Gasteiger partial charge on any atom is 0.123 e. The third-order valence-electron chi connectivity index (χ3n) is 3.40. The lowest BCUT2D eigenvalue weighted by Crippen LogP contribution is -2.21. The summed E-state index contributed by atoms with van der Waals surface area (Å²) in [4.78, 5) is 0. The monoisotopic (exact) mass is 292 g/mol. The van der Waals surface area contributed by atoms with E-state index in [1.54, 1.807) is 6.07 Å². The van der Waals surface area contributed by atoms with Gasteiger partial charge in [-0.2, -0.15) is 0 Å². The topological polar surface area (TPSA) is 20.2 Å². The molecule has 104 valence electrons. The molecule has 0 aliphatic carbocycles. The molecule has 0 saturated heterocycles. The van der Waals surface area contributed by atoms with Crippen LogP contribution >= 0.6 is 7.92 Å². The van der Waals surface area contributed by atoms with Gasteiger partial charge in [-0.1, -0.05) is 72.3 Å². The van der Waals surface area contributed by atoms with Crippen LogP contribution in [0.15, 0.2) is 78.9 Å². The number of hydrogen-bond donors (Lipinski definition) is 1. The molecule has 2 heteroatoms. The number of phenols is 1. The van der Waals surface area contributed by atoms with Crippen LogP contribution in [0.5, 0.6) is 5.75 Å². The fraction of sp³-hybridized carbons (Fsp3) is 0.0526. The van der Waals surface area contributed by atoms with Crippen LogP contribution in [0.25, 0.3) is 0 Å². The second-order valence-corrected chi connectivity index (χ2v) is 7.18. The summed E-state index contributed by atoms with van der Waals surface area (Å²) >= 11 is 0. The Kier molecular flexibility index (Phi) is 4.03. The van der Waals surface area contributed by atoms with E-state index in [2.05, 4.69) is 61.5 Å². The van der Waals surface area contributed by atoms with Crippen molar-refractivity contribution in [3.8, 4) is 5.75 Å². The van der Waals surface area contributed by atoms with E-state index in [1.165, 1.54) is 16.2 Å². The summed E-state index contributed by atoms with van der Waals surface area (Å²) in [6, 6.07) is 26.7. The number of hydrogen-bond acceptors (Lipinski definition) is 1. The largest absolute Gasteiger partial charge is 0.507 e. The summed E-state index contributed by atoms with van der Waals surface area (Å²) in [5, 5.41) is 13.9. The van der Waals surface area contributed by atoms with Gasteiger partial charge in [0.1, 0.15) is 5.75 Å². The average molecular weight is 292 g/mol. The van der Waals surface area contributed by atoms with Gasteiger partial charge in [0.05, 0.1) is 0 Å². The highest BCUT2D eigenvalue weighted by atomic mass is 31.1. The second-order valence-electron chi connectivity index (χ2n) is 5.00. The van der Waals surface area contributed by atoms with Crippen molar-refractivity contribution in [1.29, 1.82) is 0 Å². The number of benzene rings is 3. The molecule has 0 amide bonds. The summed E-state index contributed by atoms with van der Waals surface area (Å²) < 4.78 is 0. The van der Waals surface area contributed by atoms with Gasteiger partial charge in [0.15, 0.2) is 0 Å². The molecular formula is C19H17OP. The van der Waals surface area contributed by atoms with Crippen LogP contribution in [-0.2, 0) is 0 Å². The molecular weight excluding hydrogens is 275 g/mol. The molecule has 0 heterocycles. The molecule has 0 bridgehead atoms. The number of aryl methyl sites for hydroxylation is 1. The Labute approximate surface area is 126 Å². The maximum atomic E-state index is 10.3. The van der Waals surface area contributed by atoms with E-state index in [1.807, 2.05) is 18.2 Å². The van der Waals surface area contributed by atoms with E-state index < -0.39 is 7.92 Å². The molecule has 1 N–H and O–H groups in total. The van der Waals surface area contributed by atoms with Gasteiger partial charge in [-0.05, 0) is 37.6 Å². The minimum atomic E-state index is -0.733. The highest BCUT2D eigenvalue weighted by molar-refractivity contribution is 7.80. The predicted octanol–water partition coefficient (Wildman–Crippen LogP) is 3.46. The fourth-order valence-corrected chi connectivity index (χ4v) is 4.83. The number of rotatable bonds is 3. The highest BCUT2D eigenvalue weighted by Crippen LogP contribution is 2.36. The van der Waals surface area contributed by atoms with Crippen molar-refractivity contribution in [3.63, 3.8) is 0 Å². The smallest absolute Gasteiger partial charge is 0.123 e. The lowest BCUT2D eigenvalue weighted by atomic mass is 10.2. The average Bonchev–Trinajstić information content (AvgIpc) is 2.53. The van der Waals surface area contributed by atoms with Crippen molar-refractivity contribution >= 4 is 23.8 Å². The maximum absolute atomic E-state index is 10.3. The Balaban J connectivity index is 2.20. The minimum Gasteiger partial charge on any atom is -0.507 e. The molecule has 0 fully saturated rings. The molecule has 0 saturated carbocycles. The molecule has 21 heavy (non-hydrogen) atoms. The number of aromatic hydroxyl groups is 1. The third-order valence-corrected chi connectivity index (χ3v) is 5.87. The van der Waals surface area contributed by atoms with E-state index in [9.17, 15) is 5.11 Å². The third kappa shape index (κ3) is 2.99. The van der Waals surface area contributed by atoms with Crippen molar-refractivity contribution in [3.05, 3.63) is 84.4 Å². The summed E-state index contributed by atoms with van der Waals surface area (Å²) in [5.74, 6) is 0.374. The summed E-state index contributed by atoms with van der Waals surface area (Å²) in [7, 11) is -0.733. The van der Waals surface area contributed by atoms with Crippen LogP contribution in [0, 0.1) is 6.92 Å². The fourth-order valence-electron chi connectivity index (χ4n) is 2.39. The zero-order valence-corrected chi connectivity index (χ0v) is 12.8. The molecule has 0 spiro atoms. The first-order valence-corrected chi connectivity index (χ1v) is 8.30. The van der Waals surface area contributed by atoms with Gasteiger partial charge in [-0.15, -0.1) is 0 Å². The molecule has 3 aromatic carbocycles. The summed E-state index contributed by atoms with van der Waals surface area (Å²) in [6.07, 6.45) is 0. The summed E-state index contributed by atoms with van der Waals surface area (Å²) in [6.45, 7) is 2.06. The van der Waals surface area contributed by atoms with Crippen LogP contribution in [-0.4, -0.2) is 5.11 Å². The van der Waals surface area contributed by atoms with Gasteiger partial charge in [-0.3, -0.25) is 0 Å². The van der Waals surface area contributed by atoms with Crippen LogP contribution in [0.3, 0.4) is 0 Å². The van der Waals surface area contributed by atoms with Crippen LogP contribution in [0.2, 0.25) is 0 Å². The molecule has 0 radical (unpaired) electrons. The first-order chi connectivity index (χ1) is 10.3. The molecule has 0 unspecified atom stereocenters. The highest BCUT2D eigenvalue weighted by Gasteiger charge is 2.19. The van der Waals surface area contributed by atoms with E-state index in [4.69, 9.17) is 0 Å². The first-order valence-electron chi connectivity index (χ1n) is 6.95. The van der Waals surface area contributed by atoms with Crippen LogP contribution < -0.4 is 15.9 Å². The predicted molar refractivity (Wildman–Crippen MR) is 91.5 cm³/mol. The van der Waals surface area contributed by atoms with Gasteiger partial charge < -0.3 is 5.11 Å². The molecule has 0 atom stereocenters. The summed E-state index contributed by atoms with van der Waals surface area (Å²) in [5.41, 5.74) is 1.17. The van der Waals surface area contributed by atoms with Gasteiger partial charge in [-0.25, -0.2) is 0 Å². The Morgan fingerprint density at radius 2 is 1.24 bits per heavy atom. The van der Waals surface area contributed by atoms with Crippen molar-refractivity contribution in [2.45, 2.75) is 6.92 Å². The molecule has 3 rings (SSSR count). The van der Waals surface area contributed by atoms with E-state index >= 15 is 0 Å². The molecule has 0 aliphatic rings. The van der Waals surface area contributed by atoms with Crippen LogP contribution in [0.1, 0.15) is 5.56 Å². The van der Waals surface area contributed by atoms with E-state index in [0.717, 1.165) is 5.30 Å². The van der Waals surface area contributed by atoms with Gasteiger partial charge in [0.2, 0.25) is 0 Å². The Morgan fingerprint density at radius 3 is 1.76 bits per heavy atom. The van der Waals surface area contributed by atoms with Gasteiger partial charge in [0, 0.05) is 5.30 Å². The minimum absolute atomic E-state index is 0.374. The Bertz CT molecular complexity index is 684. The second kappa shape index (κ2) is 6.11. The van der Waals surface area contributed by atoms with Crippen molar-refractivity contribution in [1.82, 2.24) is 0 Å². The Morgan fingerprint density at radius 1 is 0.714 bits per heavy atom. The van der Waals surface area contributed by atoms with Crippen molar-refractivity contribution < 1.29 is 5.11 Å². The first kappa shape index (κ1) is 13.9. The van der Waals surface area contributed by atoms with Crippen molar-refractivity contribution in [2.24, 2.45) is 0 Å². The quantitative estimate of drug-likeness (QED) is 0.733. The molecule has 0 aliphatic heterocycles.